The molecule has 1 aliphatic rings. The van der Waals surface area contributed by atoms with Gasteiger partial charge in [0.15, 0.2) is 0 Å². The lowest BCUT2D eigenvalue weighted by atomic mass is 10.0. The summed E-state index contributed by atoms with van der Waals surface area (Å²) in [5.41, 5.74) is 4.50. The second-order valence-electron chi connectivity index (χ2n) is 6.92. The maximum atomic E-state index is 13.1. The molecule has 2 amide bonds. The minimum absolute atomic E-state index is 0.264. The van der Waals surface area contributed by atoms with Crippen molar-refractivity contribution < 1.29 is 14.3 Å². The number of carbonyl (C=O) groups is 2. The van der Waals surface area contributed by atoms with Crippen LogP contribution in [0.3, 0.4) is 0 Å². The van der Waals surface area contributed by atoms with Crippen LogP contribution in [0.1, 0.15) is 30.0 Å². The number of benzene rings is 2. The van der Waals surface area contributed by atoms with E-state index in [2.05, 4.69) is 5.32 Å². The number of rotatable bonds is 8. The van der Waals surface area contributed by atoms with Crippen LogP contribution in [0.4, 0.5) is 5.69 Å². The number of amides is 2. The molecule has 0 saturated heterocycles. The first-order chi connectivity index (χ1) is 13.5. The molecule has 0 bridgehead atoms. The molecular formula is C23H26N2O3. The summed E-state index contributed by atoms with van der Waals surface area (Å²) in [6.07, 6.45) is 0.615. The molecule has 0 fully saturated rings. The van der Waals surface area contributed by atoms with Gasteiger partial charge in [-0.25, -0.2) is 0 Å². The van der Waals surface area contributed by atoms with Gasteiger partial charge in [0.25, 0.3) is 11.8 Å². The molecule has 1 N–H and O–H groups in total. The number of hydrogen-bond donors (Lipinski definition) is 1. The van der Waals surface area contributed by atoms with Crippen molar-refractivity contribution in [2.24, 2.45) is 0 Å². The Balaban J connectivity index is 1.92. The van der Waals surface area contributed by atoms with Crippen LogP contribution in [0.25, 0.3) is 5.57 Å². The van der Waals surface area contributed by atoms with Crippen LogP contribution in [0.2, 0.25) is 0 Å². The van der Waals surface area contributed by atoms with Crippen LogP contribution < -0.4 is 5.32 Å². The van der Waals surface area contributed by atoms with Gasteiger partial charge in [0.05, 0.1) is 5.57 Å². The Labute approximate surface area is 166 Å². The van der Waals surface area contributed by atoms with Crippen LogP contribution in [0.5, 0.6) is 0 Å². The van der Waals surface area contributed by atoms with E-state index >= 15 is 0 Å². The van der Waals surface area contributed by atoms with E-state index in [0.29, 0.717) is 37.4 Å². The number of imide groups is 1. The number of hydrogen-bond acceptors (Lipinski definition) is 4. The Bertz CT molecular complexity index is 883. The van der Waals surface area contributed by atoms with Crippen molar-refractivity contribution in [3.05, 3.63) is 70.9 Å². The average molecular weight is 378 g/mol. The van der Waals surface area contributed by atoms with E-state index in [-0.39, 0.29) is 11.8 Å². The van der Waals surface area contributed by atoms with Crippen molar-refractivity contribution in [2.45, 2.75) is 27.2 Å². The maximum Gasteiger partial charge on any atom is 0.278 e. The quantitative estimate of drug-likeness (QED) is 0.559. The molecule has 0 aromatic heterocycles. The molecule has 5 heteroatoms. The van der Waals surface area contributed by atoms with Gasteiger partial charge in [0.1, 0.15) is 5.70 Å². The van der Waals surface area contributed by atoms with Gasteiger partial charge in [-0.3, -0.25) is 14.5 Å². The molecule has 0 unspecified atom stereocenters. The van der Waals surface area contributed by atoms with E-state index in [9.17, 15) is 9.59 Å². The Morgan fingerprint density at radius 1 is 0.893 bits per heavy atom. The Hall–Kier alpha value is -2.92. The van der Waals surface area contributed by atoms with Gasteiger partial charge in [0, 0.05) is 25.4 Å². The van der Waals surface area contributed by atoms with Gasteiger partial charge in [-0.1, -0.05) is 47.5 Å². The van der Waals surface area contributed by atoms with Crippen molar-refractivity contribution in [1.29, 1.82) is 0 Å². The summed E-state index contributed by atoms with van der Waals surface area (Å²) in [6, 6.07) is 15.4. The normalized spacial score (nSPS) is 14.2. The molecule has 0 spiro atoms. The van der Waals surface area contributed by atoms with Gasteiger partial charge >= 0.3 is 0 Å². The van der Waals surface area contributed by atoms with Crippen LogP contribution in [-0.2, 0) is 14.3 Å². The molecule has 146 valence electrons. The summed E-state index contributed by atoms with van der Waals surface area (Å²) >= 11 is 0. The van der Waals surface area contributed by atoms with E-state index in [1.165, 1.54) is 4.90 Å². The lowest BCUT2D eigenvalue weighted by molar-refractivity contribution is -0.137. The number of nitrogens with zero attached hydrogens (tertiary/aromatic N) is 1. The fourth-order valence-corrected chi connectivity index (χ4v) is 3.13. The smallest absolute Gasteiger partial charge is 0.278 e. The number of anilines is 1. The minimum Gasteiger partial charge on any atom is -0.382 e. The summed E-state index contributed by atoms with van der Waals surface area (Å²) in [4.78, 5) is 27.4. The Morgan fingerprint density at radius 3 is 2.11 bits per heavy atom. The first kappa shape index (κ1) is 19.8. The van der Waals surface area contributed by atoms with Crippen molar-refractivity contribution in [3.63, 3.8) is 0 Å². The van der Waals surface area contributed by atoms with Crippen molar-refractivity contribution >= 4 is 23.1 Å². The third kappa shape index (κ3) is 4.31. The van der Waals surface area contributed by atoms with Crippen LogP contribution >= 0.6 is 0 Å². The molecule has 0 saturated carbocycles. The molecule has 3 rings (SSSR count). The number of aryl methyl sites for hydroxylation is 2. The average Bonchev–Trinajstić information content (AvgIpc) is 2.92. The van der Waals surface area contributed by atoms with E-state index in [1.54, 1.807) is 0 Å². The standard InChI is InChI=1S/C23H26N2O3/c1-4-28-15-5-14-25-22(26)20(18-10-6-16(2)7-11-18)21(23(25)27)24-19-12-8-17(3)9-13-19/h6-13,24H,4-5,14-15H2,1-3H3. The highest BCUT2D eigenvalue weighted by molar-refractivity contribution is 6.36. The number of nitrogens with one attached hydrogen (secondary N) is 1. The molecule has 2 aromatic carbocycles. The van der Waals surface area contributed by atoms with Crippen LogP contribution in [0.15, 0.2) is 54.2 Å². The highest BCUT2D eigenvalue weighted by Crippen LogP contribution is 2.30. The first-order valence-electron chi connectivity index (χ1n) is 9.60. The first-order valence-corrected chi connectivity index (χ1v) is 9.60. The second-order valence-corrected chi connectivity index (χ2v) is 6.92. The predicted molar refractivity (Wildman–Crippen MR) is 111 cm³/mol. The Morgan fingerprint density at radius 2 is 1.50 bits per heavy atom. The third-order valence-corrected chi connectivity index (χ3v) is 4.70. The fourth-order valence-electron chi connectivity index (χ4n) is 3.13. The molecule has 0 atom stereocenters. The second kappa shape index (κ2) is 8.85. The minimum atomic E-state index is -0.294. The van der Waals surface area contributed by atoms with E-state index < -0.39 is 0 Å². The molecule has 5 nitrogen and oxygen atoms in total. The Kier molecular flexibility index (Phi) is 6.26. The number of ether oxygens (including phenoxy) is 1. The zero-order valence-electron chi connectivity index (χ0n) is 16.6. The zero-order valence-corrected chi connectivity index (χ0v) is 16.6. The summed E-state index contributed by atoms with van der Waals surface area (Å²) in [5, 5.41) is 3.18. The van der Waals surface area contributed by atoms with Crippen LogP contribution in [0, 0.1) is 13.8 Å². The monoisotopic (exact) mass is 378 g/mol. The SMILES string of the molecule is CCOCCCN1C(=O)C(Nc2ccc(C)cc2)=C(c2ccc(C)cc2)C1=O. The van der Waals surface area contributed by atoms with Crippen LogP contribution in [-0.4, -0.2) is 36.5 Å². The maximum absolute atomic E-state index is 13.1. The van der Waals surface area contributed by atoms with Gasteiger partial charge in [-0.2, -0.15) is 0 Å². The van der Waals surface area contributed by atoms with Gasteiger partial charge < -0.3 is 10.1 Å². The van der Waals surface area contributed by atoms with E-state index in [4.69, 9.17) is 4.74 Å². The topological polar surface area (TPSA) is 58.6 Å². The van der Waals surface area contributed by atoms with Crippen molar-refractivity contribution in [3.8, 4) is 0 Å². The van der Waals surface area contributed by atoms with Gasteiger partial charge in [-0.15, -0.1) is 0 Å². The van der Waals surface area contributed by atoms with Gasteiger partial charge in [0.2, 0.25) is 0 Å². The number of carbonyl (C=O) groups excluding carboxylic acids is 2. The summed E-state index contributed by atoms with van der Waals surface area (Å²) in [5.74, 6) is -0.558. The molecule has 1 aliphatic heterocycles. The lowest BCUT2D eigenvalue weighted by Crippen LogP contribution is -2.34. The van der Waals surface area contributed by atoms with Crippen molar-refractivity contribution in [2.75, 3.05) is 25.1 Å². The summed E-state index contributed by atoms with van der Waals surface area (Å²) in [7, 11) is 0. The largest absolute Gasteiger partial charge is 0.382 e. The summed E-state index contributed by atoms with van der Waals surface area (Å²) < 4.78 is 5.34. The molecule has 28 heavy (non-hydrogen) atoms. The molecular weight excluding hydrogens is 352 g/mol. The highest BCUT2D eigenvalue weighted by Gasteiger charge is 2.38. The molecule has 1 heterocycles. The van der Waals surface area contributed by atoms with Gasteiger partial charge in [-0.05, 0) is 44.9 Å². The van der Waals surface area contributed by atoms with Crippen molar-refractivity contribution in [1.82, 2.24) is 4.90 Å². The predicted octanol–water partition coefficient (Wildman–Crippen LogP) is 3.92. The molecule has 0 aliphatic carbocycles. The van der Waals surface area contributed by atoms with E-state index in [0.717, 1.165) is 22.4 Å². The lowest BCUT2D eigenvalue weighted by Gasteiger charge is -2.15. The molecule has 0 radical (unpaired) electrons. The third-order valence-electron chi connectivity index (χ3n) is 4.70. The van der Waals surface area contributed by atoms with E-state index in [1.807, 2.05) is 69.3 Å². The summed E-state index contributed by atoms with van der Waals surface area (Å²) in [6.45, 7) is 7.40. The zero-order chi connectivity index (χ0) is 20.1. The fraction of sp³-hybridized carbons (Fsp3) is 0.304. The highest BCUT2D eigenvalue weighted by atomic mass is 16.5. The molecule has 2 aromatic rings.